The van der Waals surface area contributed by atoms with E-state index in [1.54, 1.807) is 32.6 Å². The van der Waals surface area contributed by atoms with Crippen LogP contribution in [0.5, 0.6) is 0 Å². The molecule has 2 unspecified atom stereocenters. The second-order valence-electron chi connectivity index (χ2n) is 11.0. The number of amides is 3. The van der Waals surface area contributed by atoms with Crippen LogP contribution in [0.15, 0.2) is 42.5 Å². The van der Waals surface area contributed by atoms with Crippen LogP contribution in [0.3, 0.4) is 0 Å². The standard InChI is InChI=1S/C31H45N3O4/c1-9-10-11-14-20-34(29(36)24(5)32-30(37)38-31(6,7)8)27(26-22(3)17-15-18-23(26)4)28(35)33-25-19-13-12-16-21(25)2/h12-13,15-19,24,27H,9-11,14,20H2,1-8H3,(H,32,37)(H,33,35). The monoisotopic (exact) mass is 523 g/mol. The highest BCUT2D eigenvalue weighted by Crippen LogP contribution is 2.30. The number of nitrogens with one attached hydrogen (secondary N) is 2. The number of benzene rings is 2. The first-order chi connectivity index (χ1) is 17.9. The van der Waals surface area contributed by atoms with E-state index in [1.165, 1.54) is 0 Å². The van der Waals surface area contributed by atoms with Crippen LogP contribution in [0.25, 0.3) is 0 Å². The van der Waals surface area contributed by atoms with Gasteiger partial charge >= 0.3 is 6.09 Å². The molecular formula is C31H45N3O4. The van der Waals surface area contributed by atoms with Gasteiger partial charge in [0.2, 0.25) is 5.91 Å². The van der Waals surface area contributed by atoms with Crippen LogP contribution >= 0.6 is 0 Å². The zero-order valence-corrected chi connectivity index (χ0v) is 24.3. The van der Waals surface area contributed by atoms with E-state index in [0.29, 0.717) is 12.2 Å². The van der Waals surface area contributed by atoms with Crippen molar-refractivity contribution < 1.29 is 19.1 Å². The number of carbonyl (C=O) groups excluding carboxylic acids is 3. The molecule has 2 aromatic rings. The number of unbranched alkanes of at least 4 members (excludes halogenated alkanes) is 3. The minimum Gasteiger partial charge on any atom is -0.444 e. The van der Waals surface area contributed by atoms with Crippen LogP contribution in [0.1, 0.15) is 88.6 Å². The Balaban J connectivity index is 2.51. The van der Waals surface area contributed by atoms with E-state index in [2.05, 4.69) is 17.6 Å². The van der Waals surface area contributed by atoms with Gasteiger partial charge in [0.05, 0.1) is 0 Å². The van der Waals surface area contributed by atoms with Crippen molar-refractivity contribution in [2.45, 2.75) is 98.8 Å². The summed E-state index contributed by atoms with van der Waals surface area (Å²) in [5.74, 6) is -0.620. The minimum atomic E-state index is -0.880. The summed E-state index contributed by atoms with van der Waals surface area (Å²) < 4.78 is 5.37. The summed E-state index contributed by atoms with van der Waals surface area (Å²) >= 11 is 0. The first-order valence-electron chi connectivity index (χ1n) is 13.6. The molecule has 0 spiro atoms. The molecule has 3 amide bonds. The number of aryl methyl sites for hydroxylation is 3. The first-order valence-corrected chi connectivity index (χ1v) is 13.6. The van der Waals surface area contributed by atoms with Crippen molar-refractivity contribution in [1.82, 2.24) is 10.2 Å². The Kier molecular flexibility index (Phi) is 11.4. The van der Waals surface area contributed by atoms with E-state index in [9.17, 15) is 14.4 Å². The molecule has 0 aliphatic heterocycles. The van der Waals surface area contributed by atoms with Gasteiger partial charge < -0.3 is 20.3 Å². The molecule has 208 valence electrons. The van der Waals surface area contributed by atoms with E-state index in [4.69, 9.17) is 4.74 Å². The maximum Gasteiger partial charge on any atom is 0.408 e. The third-order valence-electron chi connectivity index (χ3n) is 6.42. The summed E-state index contributed by atoms with van der Waals surface area (Å²) in [6, 6.07) is 11.7. The molecule has 0 saturated heterocycles. The molecule has 0 heterocycles. The number of rotatable bonds is 11. The van der Waals surface area contributed by atoms with Crippen LogP contribution in [-0.4, -0.2) is 41.0 Å². The summed E-state index contributed by atoms with van der Waals surface area (Å²) in [7, 11) is 0. The molecule has 2 rings (SSSR count). The minimum absolute atomic E-state index is 0.287. The van der Waals surface area contributed by atoms with E-state index in [-0.39, 0.29) is 11.8 Å². The van der Waals surface area contributed by atoms with Crippen LogP contribution in [-0.2, 0) is 14.3 Å². The van der Waals surface area contributed by atoms with Crippen LogP contribution in [0.4, 0.5) is 10.5 Å². The van der Waals surface area contributed by atoms with Gasteiger partial charge in [0, 0.05) is 12.2 Å². The maximum absolute atomic E-state index is 14.0. The molecule has 0 aliphatic carbocycles. The number of alkyl carbamates (subject to hydrolysis) is 1. The van der Waals surface area contributed by atoms with E-state index < -0.39 is 23.8 Å². The number of hydrogen-bond donors (Lipinski definition) is 2. The Morgan fingerprint density at radius 2 is 1.50 bits per heavy atom. The van der Waals surface area contributed by atoms with Crippen molar-refractivity contribution in [1.29, 1.82) is 0 Å². The third kappa shape index (κ3) is 8.89. The normalized spacial score (nSPS) is 12.8. The number of para-hydroxylation sites is 1. The van der Waals surface area contributed by atoms with Gasteiger partial charge in [-0.25, -0.2) is 4.79 Å². The third-order valence-corrected chi connectivity index (χ3v) is 6.42. The molecular weight excluding hydrogens is 478 g/mol. The summed E-state index contributed by atoms with van der Waals surface area (Å²) in [6.45, 7) is 15.3. The second kappa shape index (κ2) is 14.0. The van der Waals surface area contributed by atoms with Crippen LogP contribution < -0.4 is 10.6 Å². The average molecular weight is 524 g/mol. The lowest BCUT2D eigenvalue weighted by Crippen LogP contribution is -2.51. The Hall–Kier alpha value is -3.35. The number of carbonyl (C=O) groups is 3. The summed E-state index contributed by atoms with van der Waals surface area (Å²) in [5.41, 5.74) is 3.59. The van der Waals surface area contributed by atoms with Crippen molar-refractivity contribution in [3.8, 4) is 0 Å². The number of anilines is 1. The summed E-state index contributed by atoms with van der Waals surface area (Å²) in [6.07, 6.45) is 3.11. The van der Waals surface area contributed by atoms with E-state index in [0.717, 1.165) is 47.9 Å². The van der Waals surface area contributed by atoms with Crippen molar-refractivity contribution >= 4 is 23.6 Å². The molecule has 0 saturated carbocycles. The Labute approximate surface area is 228 Å². The number of nitrogens with zero attached hydrogens (tertiary/aromatic N) is 1. The highest BCUT2D eigenvalue weighted by Gasteiger charge is 2.36. The fraction of sp³-hybridized carbons (Fsp3) is 0.516. The molecule has 2 atom stereocenters. The molecule has 0 bridgehead atoms. The molecule has 2 N–H and O–H groups in total. The quantitative estimate of drug-likeness (QED) is 0.324. The molecule has 7 heteroatoms. The zero-order chi connectivity index (χ0) is 28.5. The maximum atomic E-state index is 14.0. The van der Waals surface area contributed by atoms with E-state index >= 15 is 0 Å². The van der Waals surface area contributed by atoms with Crippen molar-refractivity contribution in [3.05, 3.63) is 64.7 Å². The Bertz CT molecular complexity index is 1090. The number of ether oxygens (including phenoxy) is 1. The molecule has 0 aliphatic rings. The van der Waals surface area contributed by atoms with Gasteiger partial charge in [-0.3, -0.25) is 9.59 Å². The fourth-order valence-corrected chi connectivity index (χ4v) is 4.47. The molecule has 7 nitrogen and oxygen atoms in total. The zero-order valence-electron chi connectivity index (χ0n) is 24.3. The van der Waals surface area contributed by atoms with E-state index in [1.807, 2.05) is 63.2 Å². The van der Waals surface area contributed by atoms with Crippen LogP contribution in [0, 0.1) is 20.8 Å². The lowest BCUT2D eigenvalue weighted by atomic mass is 9.93. The van der Waals surface area contributed by atoms with Gasteiger partial charge in [0.1, 0.15) is 17.7 Å². The predicted molar refractivity (Wildman–Crippen MR) is 153 cm³/mol. The second-order valence-corrected chi connectivity index (χ2v) is 11.0. The van der Waals surface area contributed by atoms with Gasteiger partial charge in [0.25, 0.3) is 5.91 Å². The first kappa shape index (κ1) is 30.9. The predicted octanol–water partition coefficient (Wildman–Crippen LogP) is 6.61. The van der Waals surface area contributed by atoms with Gasteiger partial charge in [0.15, 0.2) is 0 Å². The van der Waals surface area contributed by atoms with Gasteiger partial charge in [-0.1, -0.05) is 62.6 Å². The lowest BCUT2D eigenvalue weighted by molar-refractivity contribution is -0.140. The van der Waals surface area contributed by atoms with Gasteiger partial charge in [-0.2, -0.15) is 0 Å². The van der Waals surface area contributed by atoms with Crippen molar-refractivity contribution in [2.75, 3.05) is 11.9 Å². The smallest absolute Gasteiger partial charge is 0.408 e. The number of hydrogen-bond acceptors (Lipinski definition) is 4. The highest BCUT2D eigenvalue weighted by molar-refractivity contribution is 5.99. The summed E-state index contributed by atoms with van der Waals surface area (Å²) in [5, 5.41) is 5.73. The van der Waals surface area contributed by atoms with Crippen LogP contribution in [0.2, 0.25) is 0 Å². The van der Waals surface area contributed by atoms with Gasteiger partial charge in [-0.05, 0) is 83.2 Å². The molecule has 0 aromatic heterocycles. The Morgan fingerprint density at radius 3 is 2.08 bits per heavy atom. The SMILES string of the molecule is CCCCCCN(C(=O)C(C)NC(=O)OC(C)(C)C)C(C(=O)Nc1ccccc1C)c1c(C)cccc1C. The van der Waals surface area contributed by atoms with Crippen molar-refractivity contribution in [3.63, 3.8) is 0 Å². The van der Waals surface area contributed by atoms with Crippen molar-refractivity contribution in [2.24, 2.45) is 0 Å². The fourth-order valence-electron chi connectivity index (χ4n) is 4.47. The molecule has 2 aromatic carbocycles. The topological polar surface area (TPSA) is 87.7 Å². The average Bonchev–Trinajstić information content (AvgIpc) is 2.82. The molecule has 0 fully saturated rings. The van der Waals surface area contributed by atoms with Gasteiger partial charge in [-0.15, -0.1) is 0 Å². The highest BCUT2D eigenvalue weighted by atomic mass is 16.6. The largest absolute Gasteiger partial charge is 0.444 e. The molecule has 0 radical (unpaired) electrons. The lowest BCUT2D eigenvalue weighted by Gasteiger charge is -2.35. The Morgan fingerprint density at radius 1 is 0.895 bits per heavy atom. The molecule has 38 heavy (non-hydrogen) atoms. The summed E-state index contributed by atoms with van der Waals surface area (Å²) in [4.78, 5) is 42.1.